The minimum Gasteiger partial charge on any atom is -0.479 e. The number of hydrogen-bond donors (Lipinski definition) is 1. The van der Waals surface area contributed by atoms with Gasteiger partial charge in [-0.3, -0.25) is 0 Å². The highest BCUT2D eigenvalue weighted by Crippen LogP contribution is 2.19. The van der Waals surface area contributed by atoms with Crippen LogP contribution in [0.4, 0.5) is 0 Å². The van der Waals surface area contributed by atoms with Gasteiger partial charge in [0.1, 0.15) is 0 Å². The molecule has 5 heteroatoms. The fraction of sp³-hybridized carbons (Fsp3) is 0.154. The Bertz CT molecular complexity index is 552. The molecule has 0 aliphatic rings. The predicted octanol–water partition coefficient (Wildman–Crippen LogP) is 1.92. The molecule has 1 N–H and O–H groups in total. The highest BCUT2D eigenvalue weighted by molar-refractivity contribution is 5.68. The second-order valence-corrected chi connectivity index (χ2v) is 3.74. The van der Waals surface area contributed by atoms with E-state index < -0.39 is 12.6 Å². The lowest BCUT2D eigenvalue weighted by molar-refractivity contribution is -0.139. The molecule has 1 aromatic carbocycles. The first-order valence-electron chi connectivity index (χ1n) is 5.39. The zero-order chi connectivity index (χ0) is 13.0. The van der Waals surface area contributed by atoms with Crippen molar-refractivity contribution in [2.24, 2.45) is 0 Å². The van der Waals surface area contributed by atoms with Crippen LogP contribution in [-0.4, -0.2) is 27.7 Å². The molecule has 0 aliphatic heterocycles. The average Bonchev–Trinajstić information content (AvgIpc) is 2.38. The number of hydrogen-bond acceptors (Lipinski definition) is 4. The van der Waals surface area contributed by atoms with Gasteiger partial charge in [0, 0.05) is 5.56 Å². The zero-order valence-corrected chi connectivity index (χ0v) is 9.83. The molecule has 2 rings (SSSR count). The number of carbonyl (C=O) groups is 1. The topological polar surface area (TPSA) is 72.3 Å². The van der Waals surface area contributed by atoms with Gasteiger partial charge in [-0.2, -0.15) is 0 Å². The number of carboxylic acid groups (broad SMARTS) is 1. The molecule has 0 bridgehead atoms. The van der Waals surface area contributed by atoms with E-state index >= 15 is 0 Å². The maximum atomic E-state index is 10.3. The second-order valence-electron chi connectivity index (χ2n) is 3.74. The van der Waals surface area contributed by atoms with Gasteiger partial charge < -0.3 is 9.84 Å². The first-order chi connectivity index (χ1) is 8.66. The van der Waals surface area contributed by atoms with Crippen LogP contribution in [0.15, 0.2) is 36.7 Å². The molecule has 0 saturated carbocycles. The third-order valence-electron chi connectivity index (χ3n) is 2.38. The Morgan fingerprint density at radius 2 is 1.94 bits per heavy atom. The van der Waals surface area contributed by atoms with Crippen LogP contribution in [0.25, 0.3) is 11.4 Å². The Morgan fingerprint density at radius 1 is 1.28 bits per heavy atom. The third kappa shape index (κ3) is 2.82. The maximum Gasteiger partial charge on any atom is 0.341 e. The average molecular weight is 244 g/mol. The molecule has 1 heterocycles. The third-order valence-corrected chi connectivity index (χ3v) is 2.38. The van der Waals surface area contributed by atoms with Crippen LogP contribution in [0, 0.1) is 6.92 Å². The minimum atomic E-state index is -1.03. The van der Waals surface area contributed by atoms with Gasteiger partial charge in [-0.05, 0) is 12.5 Å². The summed E-state index contributed by atoms with van der Waals surface area (Å²) in [6, 6.07) is 7.78. The molecule has 1 aromatic heterocycles. The molecule has 0 spiro atoms. The number of benzene rings is 1. The van der Waals surface area contributed by atoms with Crippen molar-refractivity contribution in [2.45, 2.75) is 6.92 Å². The highest BCUT2D eigenvalue weighted by atomic mass is 16.5. The van der Waals surface area contributed by atoms with Crippen molar-refractivity contribution >= 4 is 5.97 Å². The Hall–Kier alpha value is -2.43. The van der Waals surface area contributed by atoms with Gasteiger partial charge in [0.05, 0.1) is 12.4 Å². The first-order valence-corrected chi connectivity index (χ1v) is 5.39. The quantitative estimate of drug-likeness (QED) is 0.889. The fourth-order valence-corrected chi connectivity index (χ4v) is 1.50. The summed E-state index contributed by atoms with van der Waals surface area (Å²) in [6.07, 6.45) is 2.94. The van der Waals surface area contributed by atoms with E-state index in [9.17, 15) is 4.79 Å². The van der Waals surface area contributed by atoms with Crippen molar-refractivity contribution in [3.63, 3.8) is 0 Å². The standard InChI is InChI=1S/C13H12N2O3/c1-9-4-2-3-5-11(9)13-14-6-10(7-15-13)18-8-12(16)17/h2-7H,8H2,1H3,(H,16,17). The van der Waals surface area contributed by atoms with E-state index in [1.807, 2.05) is 31.2 Å². The van der Waals surface area contributed by atoms with Gasteiger partial charge in [0.2, 0.25) is 0 Å². The van der Waals surface area contributed by atoms with E-state index in [1.165, 1.54) is 12.4 Å². The number of rotatable bonds is 4. The molecule has 5 nitrogen and oxygen atoms in total. The number of aliphatic carboxylic acids is 1. The van der Waals surface area contributed by atoms with Crippen LogP contribution in [0.3, 0.4) is 0 Å². The fourth-order valence-electron chi connectivity index (χ4n) is 1.50. The van der Waals surface area contributed by atoms with Crippen molar-refractivity contribution in [3.05, 3.63) is 42.2 Å². The van der Waals surface area contributed by atoms with Crippen LogP contribution >= 0.6 is 0 Å². The van der Waals surface area contributed by atoms with Gasteiger partial charge in [0.15, 0.2) is 18.2 Å². The molecular formula is C13H12N2O3. The van der Waals surface area contributed by atoms with Crippen LogP contribution in [-0.2, 0) is 4.79 Å². The summed E-state index contributed by atoms with van der Waals surface area (Å²) in [5.41, 5.74) is 2.03. The van der Waals surface area contributed by atoms with E-state index in [0.29, 0.717) is 11.6 Å². The summed E-state index contributed by atoms with van der Waals surface area (Å²) in [4.78, 5) is 18.7. The van der Waals surface area contributed by atoms with Gasteiger partial charge in [-0.25, -0.2) is 14.8 Å². The molecule has 0 unspecified atom stereocenters. The number of nitrogens with zero attached hydrogens (tertiary/aromatic N) is 2. The molecule has 18 heavy (non-hydrogen) atoms. The van der Waals surface area contributed by atoms with Gasteiger partial charge in [-0.15, -0.1) is 0 Å². The molecule has 0 aliphatic carbocycles. The summed E-state index contributed by atoms with van der Waals surface area (Å²) in [5.74, 6) is -0.0940. The van der Waals surface area contributed by atoms with Crippen LogP contribution in [0.1, 0.15) is 5.56 Å². The van der Waals surface area contributed by atoms with Crippen LogP contribution < -0.4 is 4.74 Å². The van der Waals surface area contributed by atoms with Gasteiger partial charge in [0.25, 0.3) is 0 Å². The summed E-state index contributed by atoms with van der Waals surface area (Å²) >= 11 is 0. The molecule has 0 fully saturated rings. The van der Waals surface area contributed by atoms with Crippen molar-refractivity contribution in [3.8, 4) is 17.1 Å². The minimum absolute atomic E-state index is 0.342. The SMILES string of the molecule is Cc1ccccc1-c1ncc(OCC(=O)O)cn1. The predicted molar refractivity (Wildman–Crippen MR) is 65.3 cm³/mol. The van der Waals surface area contributed by atoms with E-state index in [1.54, 1.807) is 0 Å². The summed E-state index contributed by atoms with van der Waals surface area (Å²) in [6.45, 7) is 1.58. The Balaban J connectivity index is 2.17. The van der Waals surface area contributed by atoms with Crippen molar-refractivity contribution in [1.82, 2.24) is 9.97 Å². The lowest BCUT2D eigenvalue weighted by Crippen LogP contribution is -2.09. The van der Waals surface area contributed by atoms with E-state index in [2.05, 4.69) is 9.97 Å². The van der Waals surface area contributed by atoms with Crippen LogP contribution in [0.2, 0.25) is 0 Å². The van der Waals surface area contributed by atoms with E-state index in [0.717, 1.165) is 11.1 Å². The smallest absolute Gasteiger partial charge is 0.341 e. The number of aryl methyl sites for hydroxylation is 1. The number of ether oxygens (including phenoxy) is 1. The lowest BCUT2D eigenvalue weighted by Gasteiger charge is -2.05. The van der Waals surface area contributed by atoms with Crippen molar-refractivity contribution in [2.75, 3.05) is 6.61 Å². The van der Waals surface area contributed by atoms with Crippen molar-refractivity contribution < 1.29 is 14.6 Å². The molecule has 0 amide bonds. The summed E-state index contributed by atoms with van der Waals surface area (Å²) < 4.78 is 4.96. The Kier molecular flexibility index (Phi) is 3.52. The van der Waals surface area contributed by atoms with E-state index in [4.69, 9.17) is 9.84 Å². The van der Waals surface area contributed by atoms with Crippen molar-refractivity contribution in [1.29, 1.82) is 0 Å². The second kappa shape index (κ2) is 5.27. The first kappa shape index (κ1) is 12.0. The maximum absolute atomic E-state index is 10.3. The number of carboxylic acids is 1. The summed E-state index contributed by atoms with van der Waals surface area (Å²) in [5, 5.41) is 8.48. The normalized spacial score (nSPS) is 10.1. The van der Waals surface area contributed by atoms with Gasteiger partial charge >= 0.3 is 5.97 Å². The van der Waals surface area contributed by atoms with Crippen LogP contribution in [0.5, 0.6) is 5.75 Å². The number of aromatic nitrogens is 2. The molecule has 2 aromatic rings. The Morgan fingerprint density at radius 3 is 2.56 bits per heavy atom. The molecule has 92 valence electrons. The molecule has 0 atom stereocenters. The van der Waals surface area contributed by atoms with E-state index in [-0.39, 0.29) is 0 Å². The zero-order valence-electron chi connectivity index (χ0n) is 9.83. The monoisotopic (exact) mass is 244 g/mol. The lowest BCUT2D eigenvalue weighted by atomic mass is 10.1. The molecule has 0 saturated heterocycles. The highest BCUT2D eigenvalue weighted by Gasteiger charge is 2.05. The summed E-state index contributed by atoms with van der Waals surface area (Å²) in [7, 11) is 0. The molecule has 0 radical (unpaired) electrons. The Labute approximate surface area is 104 Å². The molecular weight excluding hydrogens is 232 g/mol. The largest absolute Gasteiger partial charge is 0.479 e. The van der Waals surface area contributed by atoms with Gasteiger partial charge in [-0.1, -0.05) is 24.3 Å².